The van der Waals surface area contributed by atoms with E-state index in [1.807, 2.05) is 0 Å². The summed E-state index contributed by atoms with van der Waals surface area (Å²) in [6, 6.07) is 10.1. The van der Waals surface area contributed by atoms with E-state index in [0.29, 0.717) is 0 Å². The second-order valence-corrected chi connectivity index (χ2v) is 8.13. The number of benzene rings is 2. The zero-order valence-corrected chi connectivity index (χ0v) is 18.0. The first-order chi connectivity index (χ1) is 15.5. The molecule has 9 nitrogen and oxygen atoms in total. The van der Waals surface area contributed by atoms with Crippen molar-refractivity contribution in [2.75, 3.05) is 24.3 Å². The maximum Gasteiger partial charge on any atom is 0.416 e. The number of amides is 1. The highest BCUT2D eigenvalue weighted by Crippen LogP contribution is 2.29. The number of nitrogens with zero attached hydrogens (tertiary/aromatic N) is 2. The van der Waals surface area contributed by atoms with Gasteiger partial charge in [-0.2, -0.15) is 23.1 Å². The third-order valence-corrected chi connectivity index (χ3v) is 5.56. The monoisotopic (exact) mass is 482 g/mol. The predicted octanol–water partition coefficient (Wildman–Crippen LogP) is 3.57. The van der Waals surface area contributed by atoms with Gasteiger partial charge < -0.3 is 14.8 Å². The van der Waals surface area contributed by atoms with Crippen LogP contribution in [0.3, 0.4) is 0 Å². The van der Waals surface area contributed by atoms with E-state index in [9.17, 15) is 26.4 Å². The molecule has 3 aromatic rings. The van der Waals surface area contributed by atoms with Gasteiger partial charge >= 0.3 is 12.2 Å². The number of hydrogen-bond acceptors (Lipinski definition) is 7. The number of alkyl halides is 3. The number of halogens is 3. The van der Waals surface area contributed by atoms with Crippen molar-refractivity contribution in [3.63, 3.8) is 0 Å². The smallest absolute Gasteiger partial charge is 0.416 e. The molecule has 0 aliphatic rings. The molecule has 1 heterocycles. The summed E-state index contributed by atoms with van der Waals surface area (Å²) in [4.78, 5) is 19.9. The Kier molecular flexibility index (Phi) is 6.72. The summed E-state index contributed by atoms with van der Waals surface area (Å²) in [5.41, 5.74) is -0.975. The van der Waals surface area contributed by atoms with Crippen molar-refractivity contribution in [2.45, 2.75) is 11.1 Å². The molecule has 174 valence electrons. The number of nitrogens with one attached hydrogen (secondary N) is 2. The van der Waals surface area contributed by atoms with E-state index < -0.39 is 27.7 Å². The molecule has 0 spiro atoms. The second kappa shape index (κ2) is 9.32. The molecule has 1 aromatic heterocycles. The number of rotatable bonds is 7. The number of ether oxygens (including phenoxy) is 2. The zero-order valence-electron chi connectivity index (χ0n) is 17.2. The number of anilines is 2. The van der Waals surface area contributed by atoms with Gasteiger partial charge in [-0.25, -0.2) is 8.42 Å². The highest BCUT2D eigenvalue weighted by atomic mass is 32.2. The molecule has 0 aliphatic carbocycles. The summed E-state index contributed by atoms with van der Waals surface area (Å²) in [7, 11) is -1.43. The van der Waals surface area contributed by atoms with Gasteiger partial charge in [0.05, 0.1) is 24.7 Å². The van der Waals surface area contributed by atoms with E-state index in [-0.39, 0.29) is 33.9 Å². The largest absolute Gasteiger partial charge is 0.481 e. The molecule has 1 amide bonds. The van der Waals surface area contributed by atoms with Gasteiger partial charge in [0.1, 0.15) is 0 Å². The second-order valence-electron chi connectivity index (χ2n) is 6.44. The van der Waals surface area contributed by atoms with Crippen molar-refractivity contribution in [3.05, 3.63) is 65.7 Å². The molecule has 0 saturated heterocycles. The van der Waals surface area contributed by atoms with Gasteiger partial charge in [0.25, 0.3) is 15.9 Å². The Morgan fingerprint density at radius 3 is 2.27 bits per heavy atom. The van der Waals surface area contributed by atoms with Crippen LogP contribution in [0, 0.1) is 0 Å². The van der Waals surface area contributed by atoms with E-state index >= 15 is 0 Å². The Balaban J connectivity index is 1.75. The molecule has 0 bridgehead atoms. The van der Waals surface area contributed by atoms with Crippen LogP contribution in [0.2, 0.25) is 0 Å². The Hall–Kier alpha value is -3.87. The standard InChI is InChI=1S/C20H17F3N4O5S/c1-31-17-11-16(25-19(26-17)32-2)27-33(29,30)15-8-6-14(7-9-15)24-18(28)12-4-3-5-13(10-12)20(21,22)23/h3-11H,1-2H3,(H,24,28)(H,25,26,27). The van der Waals surface area contributed by atoms with Crippen LogP contribution >= 0.6 is 0 Å². The summed E-state index contributed by atoms with van der Waals surface area (Å²) < 4.78 is 75.9. The quantitative estimate of drug-likeness (QED) is 0.528. The molecule has 0 fully saturated rings. The molecular weight excluding hydrogens is 465 g/mol. The van der Waals surface area contributed by atoms with Gasteiger partial charge in [-0.3, -0.25) is 9.52 Å². The number of hydrogen-bond donors (Lipinski definition) is 2. The molecule has 0 radical (unpaired) electrons. The first-order valence-electron chi connectivity index (χ1n) is 9.10. The maximum atomic E-state index is 12.8. The molecule has 2 aromatic carbocycles. The van der Waals surface area contributed by atoms with E-state index in [4.69, 9.17) is 9.47 Å². The summed E-state index contributed by atoms with van der Waals surface area (Å²) in [5.74, 6) is -0.803. The topological polar surface area (TPSA) is 120 Å². The lowest BCUT2D eigenvalue weighted by Gasteiger charge is -2.11. The SMILES string of the molecule is COc1cc(NS(=O)(=O)c2ccc(NC(=O)c3cccc(C(F)(F)F)c3)cc2)nc(OC)n1. The van der Waals surface area contributed by atoms with E-state index in [1.165, 1.54) is 50.6 Å². The first-order valence-corrected chi connectivity index (χ1v) is 10.6. The Morgan fingerprint density at radius 2 is 1.67 bits per heavy atom. The van der Waals surface area contributed by atoms with Crippen LogP contribution in [0.4, 0.5) is 24.7 Å². The molecular formula is C20H17F3N4O5S. The number of methoxy groups -OCH3 is 2. The summed E-state index contributed by atoms with van der Waals surface area (Å²) in [6.07, 6.45) is -4.59. The molecule has 3 rings (SSSR count). The Bertz CT molecular complexity index is 1240. The minimum atomic E-state index is -4.59. The predicted molar refractivity (Wildman–Crippen MR) is 112 cm³/mol. The van der Waals surface area contributed by atoms with E-state index in [1.54, 1.807) is 0 Å². The maximum absolute atomic E-state index is 12.8. The third-order valence-electron chi connectivity index (χ3n) is 4.19. The highest BCUT2D eigenvalue weighted by molar-refractivity contribution is 7.92. The fourth-order valence-electron chi connectivity index (χ4n) is 2.61. The van der Waals surface area contributed by atoms with Crippen LogP contribution < -0.4 is 19.5 Å². The van der Waals surface area contributed by atoms with Crippen LogP contribution in [0.1, 0.15) is 15.9 Å². The van der Waals surface area contributed by atoms with Gasteiger partial charge in [0.15, 0.2) is 5.82 Å². The van der Waals surface area contributed by atoms with Crippen molar-refractivity contribution in [3.8, 4) is 11.9 Å². The van der Waals surface area contributed by atoms with Gasteiger partial charge in [-0.1, -0.05) is 6.07 Å². The molecule has 0 unspecified atom stereocenters. The third kappa shape index (κ3) is 5.88. The van der Waals surface area contributed by atoms with Crippen molar-refractivity contribution >= 4 is 27.4 Å². The summed E-state index contributed by atoms with van der Waals surface area (Å²) in [6.45, 7) is 0. The lowest BCUT2D eigenvalue weighted by atomic mass is 10.1. The van der Waals surface area contributed by atoms with E-state index in [0.717, 1.165) is 18.2 Å². The first kappa shape index (κ1) is 23.8. The summed E-state index contributed by atoms with van der Waals surface area (Å²) >= 11 is 0. The Labute approximate surface area is 186 Å². The number of aromatic nitrogens is 2. The van der Waals surface area contributed by atoms with Crippen LogP contribution in [0.15, 0.2) is 59.5 Å². The van der Waals surface area contributed by atoms with Crippen molar-refractivity contribution in [2.24, 2.45) is 0 Å². The van der Waals surface area contributed by atoms with Gasteiger partial charge in [-0.15, -0.1) is 0 Å². The Morgan fingerprint density at radius 1 is 0.970 bits per heavy atom. The lowest BCUT2D eigenvalue weighted by Crippen LogP contribution is -2.16. The minimum absolute atomic E-state index is 0.0761. The van der Waals surface area contributed by atoms with Crippen LogP contribution in [-0.4, -0.2) is 38.5 Å². The molecule has 0 saturated carbocycles. The van der Waals surface area contributed by atoms with Crippen LogP contribution in [0.5, 0.6) is 11.9 Å². The molecule has 0 atom stereocenters. The lowest BCUT2D eigenvalue weighted by molar-refractivity contribution is -0.137. The van der Waals surface area contributed by atoms with Crippen molar-refractivity contribution in [1.82, 2.24) is 9.97 Å². The number of sulfonamides is 1. The van der Waals surface area contributed by atoms with Crippen LogP contribution in [0.25, 0.3) is 0 Å². The fourth-order valence-corrected chi connectivity index (χ4v) is 3.60. The number of carbonyl (C=O) groups excluding carboxylic acids is 1. The van der Waals surface area contributed by atoms with Gasteiger partial charge in [0, 0.05) is 17.3 Å². The summed E-state index contributed by atoms with van der Waals surface area (Å²) in [5, 5.41) is 2.42. The van der Waals surface area contributed by atoms with Crippen molar-refractivity contribution < 1.29 is 35.9 Å². The normalized spacial score (nSPS) is 11.5. The van der Waals surface area contributed by atoms with Gasteiger partial charge in [0.2, 0.25) is 5.88 Å². The molecule has 2 N–H and O–H groups in total. The highest BCUT2D eigenvalue weighted by Gasteiger charge is 2.30. The molecule has 13 heteroatoms. The molecule has 33 heavy (non-hydrogen) atoms. The minimum Gasteiger partial charge on any atom is -0.481 e. The number of carbonyl (C=O) groups is 1. The average Bonchev–Trinajstić information content (AvgIpc) is 2.78. The average molecular weight is 482 g/mol. The van der Waals surface area contributed by atoms with Gasteiger partial charge in [-0.05, 0) is 42.5 Å². The molecule has 0 aliphatic heterocycles. The van der Waals surface area contributed by atoms with E-state index in [2.05, 4.69) is 20.0 Å². The fraction of sp³-hybridized carbons (Fsp3) is 0.150. The van der Waals surface area contributed by atoms with Crippen LogP contribution in [-0.2, 0) is 16.2 Å². The van der Waals surface area contributed by atoms with Crippen molar-refractivity contribution in [1.29, 1.82) is 0 Å². The zero-order chi connectivity index (χ0) is 24.2.